The average molecular weight is 277 g/mol. The summed E-state index contributed by atoms with van der Waals surface area (Å²) in [7, 11) is 0. The van der Waals surface area contributed by atoms with E-state index in [4.69, 9.17) is 10.2 Å². The van der Waals surface area contributed by atoms with Gasteiger partial charge < -0.3 is 15.5 Å². The normalized spacial score (nSPS) is 14.7. The number of fused-ring (bicyclic) bond motifs is 1. The second kappa shape index (κ2) is 5.13. The van der Waals surface area contributed by atoms with Gasteiger partial charge in [-0.2, -0.15) is 0 Å². The van der Waals surface area contributed by atoms with Gasteiger partial charge in [0.15, 0.2) is 5.58 Å². The number of oxazole rings is 1. The van der Waals surface area contributed by atoms with E-state index in [9.17, 15) is 4.79 Å². The zero-order valence-corrected chi connectivity index (χ0v) is 11.2. The Bertz CT molecular complexity index is 607. The van der Waals surface area contributed by atoms with E-state index in [-0.39, 0.29) is 5.91 Å². The summed E-state index contributed by atoms with van der Waals surface area (Å²) < 4.78 is 5.53. The average Bonchev–Trinajstić information content (AvgIpc) is 3.13. The fraction of sp³-hybridized carbons (Fsp3) is 0.385. The smallest absolute Gasteiger partial charge is 0.257 e. The number of thioether (sulfide) groups is 1. The highest BCUT2D eigenvalue weighted by atomic mass is 32.2. The molecule has 0 atom stereocenters. The van der Waals surface area contributed by atoms with Crippen molar-refractivity contribution in [2.75, 3.05) is 18.0 Å². The molecule has 1 amide bonds. The lowest BCUT2D eigenvalue weighted by Gasteiger charge is -2.01. The number of rotatable bonds is 5. The number of carbonyl (C=O) groups excluding carboxylic acids is 1. The Morgan fingerprint density at radius 1 is 1.53 bits per heavy atom. The van der Waals surface area contributed by atoms with Gasteiger partial charge in [-0.1, -0.05) is 11.8 Å². The lowest BCUT2D eigenvalue weighted by molar-refractivity contribution is -0.118. The van der Waals surface area contributed by atoms with Crippen molar-refractivity contribution in [3.8, 4) is 0 Å². The highest BCUT2D eigenvalue weighted by Gasteiger charge is 2.21. The first-order valence-electron chi connectivity index (χ1n) is 6.26. The Morgan fingerprint density at radius 3 is 3.16 bits per heavy atom. The van der Waals surface area contributed by atoms with Gasteiger partial charge in [-0.25, -0.2) is 4.98 Å². The molecule has 1 fully saturated rings. The second-order valence-electron chi connectivity index (χ2n) is 4.74. The third kappa shape index (κ3) is 3.20. The molecule has 2 aromatic rings. The minimum atomic E-state index is 0.0265. The van der Waals surface area contributed by atoms with Crippen LogP contribution in [-0.2, 0) is 4.79 Å². The van der Waals surface area contributed by atoms with Crippen molar-refractivity contribution in [1.29, 1.82) is 0 Å². The van der Waals surface area contributed by atoms with Crippen molar-refractivity contribution < 1.29 is 9.21 Å². The van der Waals surface area contributed by atoms with Gasteiger partial charge in [0.1, 0.15) is 5.52 Å². The lowest BCUT2D eigenvalue weighted by atomic mass is 10.3. The zero-order valence-electron chi connectivity index (χ0n) is 10.4. The molecule has 1 aromatic heterocycles. The highest BCUT2D eigenvalue weighted by Crippen LogP contribution is 2.28. The molecule has 100 valence electrons. The summed E-state index contributed by atoms with van der Waals surface area (Å²) in [4.78, 5) is 15.9. The summed E-state index contributed by atoms with van der Waals surface area (Å²) in [6, 6.07) is 5.33. The van der Waals surface area contributed by atoms with Crippen molar-refractivity contribution in [3.63, 3.8) is 0 Å². The molecule has 0 spiro atoms. The van der Waals surface area contributed by atoms with Crippen LogP contribution in [0.25, 0.3) is 11.1 Å². The van der Waals surface area contributed by atoms with Crippen LogP contribution in [0.1, 0.15) is 12.8 Å². The third-order valence-corrected chi connectivity index (χ3v) is 3.83. The SMILES string of the molecule is Nc1ccc2nc(SCC(=O)NCC3CC3)oc2c1. The summed E-state index contributed by atoms with van der Waals surface area (Å²) in [6.45, 7) is 0.795. The lowest BCUT2D eigenvalue weighted by Crippen LogP contribution is -2.27. The molecule has 3 rings (SSSR count). The number of nitrogens with one attached hydrogen (secondary N) is 1. The number of aromatic nitrogens is 1. The molecule has 0 saturated heterocycles. The predicted octanol–water partition coefficient (Wildman–Crippen LogP) is 2.03. The van der Waals surface area contributed by atoms with E-state index in [0.29, 0.717) is 28.2 Å². The van der Waals surface area contributed by atoms with Crippen LogP contribution in [0.15, 0.2) is 27.8 Å². The van der Waals surface area contributed by atoms with Crippen molar-refractivity contribution in [3.05, 3.63) is 18.2 Å². The van der Waals surface area contributed by atoms with E-state index < -0.39 is 0 Å². The van der Waals surface area contributed by atoms with Crippen LogP contribution in [0.5, 0.6) is 0 Å². The molecule has 0 radical (unpaired) electrons. The number of amides is 1. The summed E-state index contributed by atoms with van der Waals surface area (Å²) in [6.07, 6.45) is 2.47. The fourth-order valence-corrected chi connectivity index (χ4v) is 2.41. The van der Waals surface area contributed by atoms with E-state index in [1.165, 1.54) is 24.6 Å². The topological polar surface area (TPSA) is 81.1 Å². The predicted molar refractivity (Wildman–Crippen MR) is 74.9 cm³/mol. The number of hydrogen-bond acceptors (Lipinski definition) is 5. The summed E-state index contributed by atoms with van der Waals surface area (Å²) >= 11 is 1.30. The largest absolute Gasteiger partial charge is 0.431 e. The van der Waals surface area contributed by atoms with Crippen LogP contribution in [0, 0.1) is 5.92 Å². The molecule has 3 N–H and O–H groups in total. The minimum absolute atomic E-state index is 0.0265. The quantitative estimate of drug-likeness (QED) is 0.645. The molecule has 1 aromatic carbocycles. The highest BCUT2D eigenvalue weighted by molar-refractivity contribution is 7.99. The van der Waals surface area contributed by atoms with Gasteiger partial charge in [-0.15, -0.1) is 0 Å². The summed E-state index contributed by atoms with van der Waals surface area (Å²) in [5, 5.41) is 3.41. The van der Waals surface area contributed by atoms with Gasteiger partial charge in [0.05, 0.1) is 5.75 Å². The van der Waals surface area contributed by atoms with Crippen molar-refractivity contribution in [2.24, 2.45) is 5.92 Å². The molecule has 6 heteroatoms. The van der Waals surface area contributed by atoms with Crippen LogP contribution in [0.3, 0.4) is 0 Å². The molecule has 19 heavy (non-hydrogen) atoms. The molecule has 1 saturated carbocycles. The second-order valence-corrected chi connectivity index (χ2v) is 5.67. The van der Waals surface area contributed by atoms with Crippen LogP contribution in [0.2, 0.25) is 0 Å². The number of benzene rings is 1. The van der Waals surface area contributed by atoms with E-state index in [2.05, 4.69) is 10.3 Å². The van der Waals surface area contributed by atoms with Crippen LogP contribution in [-0.4, -0.2) is 23.2 Å². The van der Waals surface area contributed by atoms with Crippen molar-refractivity contribution in [2.45, 2.75) is 18.1 Å². The number of nitrogens with two attached hydrogens (primary N) is 1. The monoisotopic (exact) mass is 277 g/mol. The molecule has 1 aliphatic rings. The number of anilines is 1. The van der Waals surface area contributed by atoms with Crippen molar-refractivity contribution >= 4 is 34.5 Å². The molecule has 1 heterocycles. The first-order valence-corrected chi connectivity index (χ1v) is 7.25. The van der Waals surface area contributed by atoms with Crippen molar-refractivity contribution in [1.82, 2.24) is 10.3 Å². The Kier molecular flexibility index (Phi) is 3.33. The number of nitrogen functional groups attached to an aromatic ring is 1. The Balaban J connectivity index is 1.56. The molecule has 0 bridgehead atoms. The zero-order chi connectivity index (χ0) is 13.2. The molecule has 0 unspecified atom stereocenters. The van der Waals surface area contributed by atoms with Gasteiger partial charge in [0.25, 0.3) is 5.22 Å². The van der Waals surface area contributed by atoms with Crippen LogP contribution >= 0.6 is 11.8 Å². The number of carbonyl (C=O) groups is 1. The van der Waals surface area contributed by atoms with E-state index in [0.717, 1.165) is 12.1 Å². The van der Waals surface area contributed by atoms with Crippen LogP contribution in [0.4, 0.5) is 5.69 Å². The third-order valence-electron chi connectivity index (χ3n) is 3.00. The maximum atomic E-state index is 11.6. The Labute approximate surface area is 114 Å². The maximum Gasteiger partial charge on any atom is 0.257 e. The molecule has 0 aliphatic heterocycles. The molecular formula is C13H15N3O2S. The molecular weight excluding hydrogens is 262 g/mol. The number of nitrogens with zero attached hydrogens (tertiary/aromatic N) is 1. The first-order chi connectivity index (χ1) is 9.20. The molecule has 5 nitrogen and oxygen atoms in total. The van der Waals surface area contributed by atoms with Gasteiger partial charge in [0.2, 0.25) is 5.91 Å². The fourth-order valence-electron chi connectivity index (χ4n) is 1.74. The van der Waals surface area contributed by atoms with E-state index in [1.807, 2.05) is 6.07 Å². The van der Waals surface area contributed by atoms with Gasteiger partial charge in [0, 0.05) is 18.3 Å². The van der Waals surface area contributed by atoms with Crippen LogP contribution < -0.4 is 11.1 Å². The Morgan fingerprint density at radius 2 is 2.37 bits per heavy atom. The maximum absolute atomic E-state index is 11.6. The minimum Gasteiger partial charge on any atom is -0.431 e. The summed E-state index contributed by atoms with van der Waals surface area (Å²) in [5.74, 6) is 1.05. The number of hydrogen-bond donors (Lipinski definition) is 2. The standard InChI is InChI=1S/C13H15N3O2S/c14-9-3-4-10-11(5-9)18-13(16-10)19-7-12(17)15-6-8-1-2-8/h3-5,8H,1-2,6-7,14H2,(H,15,17). The van der Waals surface area contributed by atoms with Gasteiger partial charge in [-0.3, -0.25) is 4.79 Å². The Hall–Kier alpha value is -1.69. The molecule has 1 aliphatic carbocycles. The van der Waals surface area contributed by atoms with E-state index >= 15 is 0 Å². The first kappa shape index (κ1) is 12.3. The van der Waals surface area contributed by atoms with Gasteiger partial charge in [-0.05, 0) is 30.9 Å². The summed E-state index contributed by atoms with van der Waals surface area (Å²) in [5.41, 5.74) is 7.72. The van der Waals surface area contributed by atoms with E-state index in [1.54, 1.807) is 12.1 Å². The van der Waals surface area contributed by atoms with Gasteiger partial charge >= 0.3 is 0 Å².